The number of carbonyl (C=O) groups is 2. The molecule has 0 saturated heterocycles. The Hall–Kier alpha value is -1.59. The highest BCUT2D eigenvalue weighted by atomic mass is 35.5. The molecule has 1 unspecified atom stereocenters. The van der Waals surface area contributed by atoms with Gasteiger partial charge in [-0.3, -0.25) is 9.59 Å². The van der Waals surface area contributed by atoms with Gasteiger partial charge < -0.3 is 16.4 Å². The van der Waals surface area contributed by atoms with Crippen LogP contribution in [0.15, 0.2) is 30.3 Å². The largest absolute Gasteiger partial charge is 0.356 e. The number of amides is 2. The molecule has 1 rings (SSSR count). The van der Waals surface area contributed by atoms with Gasteiger partial charge in [-0.05, 0) is 12.0 Å². The van der Waals surface area contributed by atoms with E-state index in [1.165, 1.54) is 0 Å². The molecule has 4 N–H and O–H groups in total. The predicted octanol–water partition coefficient (Wildman–Crippen LogP) is 2.17. The Morgan fingerprint density at radius 3 is 2.30 bits per heavy atom. The minimum absolute atomic E-state index is 0. The SMILES string of the molecule is CC(C)(C)C(=O)NCCCC(=O)NCC(N)c1ccccc1.Cl. The fourth-order valence-corrected chi connectivity index (χ4v) is 1.85. The van der Waals surface area contributed by atoms with E-state index in [0.717, 1.165) is 5.56 Å². The first kappa shape index (κ1) is 21.4. The smallest absolute Gasteiger partial charge is 0.225 e. The molecule has 1 aromatic rings. The Kier molecular flexibility index (Phi) is 9.53. The number of halogens is 1. The number of hydrogen-bond acceptors (Lipinski definition) is 3. The van der Waals surface area contributed by atoms with Crippen LogP contribution in [0.1, 0.15) is 45.2 Å². The number of nitrogens with two attached hydrogens (primary N) is 1. The van der Waals surface area contributed by atoms with Crippen LogP contribution in [0.25, 0.3) is 0 Å². The van der Waals surface area contributed by atoms with Gasteiger partial charge >= 0.3 is 0 Å². The molecule has 0 aromatic heterocycles. The molecule has 0 spiro atoms. The molecule has 1 atom stereocenters. The monoisotopic (exact) mass is 341 g/mol. The van der Waals surface area contributed by atoms with Crippen molar-refractivity contribution < 1.29 is 9.59 Å². The first-order chi connectivity index (χ1) is 10.3. The summed E-state index contributed by atoms with van der Waals surface area (Å²) in [5.74, 6) is -0.0459. The van der Waals surface area contributed by atoms with Crippen molar-refractivity contribution in [2.45, 2.75) is 39.7 Å². The molecular formula is C17H28ClN3O2. The van der Waals surface area contributed by atoms with Gasteiger partial charge in [0.1, 0.15) is 0 Å². The Labute approximate surface area is 144 Å². The van der Waals surface area contributed by atoms with Crippen LogP contribution < -0.4 is 16.4 Å². The zero-order valence-electron chi connectivity index (χ0n) is 14.1. The number of nitrogens with one attached hydrogen (secondary N) is 2. The predicted molar refractivity (Wildman–Crippen MR) is 95.3 cm³/mol. The standard InChI is InChI=1S/C17H27N3O2.ClH/c1-17(2,3)16(22)19-11-7-10-15(21)20-12-14(18)13-8-5-4-6-9-13;/h4-6,8-9,14H,7,10-12,18H2,1-3H3,(H,19,22)(H,20,21);1H. The van der Waals surface area contributed by atoms with Gasteiger partial charge in [-0.1, -0.05) is 51.1 Å². The van der Waals surface area contributed by atoms with Crippen LogP contribution in [-0.4, -0.2) is 24.9 Å². The fourth-order valence-electron chi connectivity index (χ4n) is 1.85. The normalized spacial score (nSPS) is 12.0. The highest BCUT2D eigenvalue weighted by molar-refractivity contribution is 5.85. The van der Waals surface area contributed by atoms with Gasteiger partial charge in [0.25, 0.3) is 0 Å². The second-order valence-corrected chi connectivity index (χ2v) is 6.43. The quantitative estimate of drug-likeness (QED) is 0.664. The van der Waals surface area contributed by atoms with E-state index in [1.54, 1.807) is 0 Å². The number of benzene rings is 1. The number of rotatable bonds is 7. The van der Waals surface area contributed by atoms with Crippen molar-refractivity contribution in [3.63, 3.8) is 0 Å². The summed E-state index contributed by atoms with van der Waals surface area (Å²) in [5.41, 5.74) is 6.62. The summed E-state index contributed by atoms with van der Waals surface area (Å²) >= 11 is 0. The zero-order chi connectivity index (χ0) is 16.6. The maximum Gasteiger partial charge on any atom is 0.225 e. The van der Waals surface area contributed by atoms with E-state index >= 15 is 0 Å². The Balaban J connectivity index is 0.00000484. The van der Waals surface area contributed by atoms with E-state index in [0.29, 0.717) is 25.9 Å². The maximum absolute atomic E-state index is 11.7. The van der Waals surface area contributed by atoms with Crippen molar-refractivity contribution in [1.29, 1.82) is 0 Å². The fraction of sp³-hybridized carbons (Fsp3) is 0.529. The lowest BCUT2D eigenvalue weighted by atomic mass is 9.96. The van der Waals surface area contributed by atoms with Crippen LogP contribution in [-0.2, 0) is 9.59 Å². The van der Waals surface area contributed by atoms with Gasteiger partial charge in [0.05, 0.1) is 0 Å². The third kappa shape index (κ3) is 8.57. The second kappa shape index (κ2) is 10.2. The molecular weight excluding hydrogens is 314 g/mol. The Morgan fingerprint density at radius 2 is 1.74 bits per heavy atom. The van der Waals surface area contributed by atoms with Crippen LogP contribution >= 0.6 is 12.4 Å². The van der Waals surface area contributed by atoms with Gasteiger partial charge in [0.15, 0.2) is 0 Å². The van der Waals surface area contributed by atoms with Gasteiger partial charge in [0.2, 0.25) is 11.8 Å². The van der Waals surface area contributed by atoms with Crippen LogP contribution in [0.2, 0.25) is 0 Å². The Morgan fingerprint density at radius 1 is 1.13 bits per heavy atom. The topological polar surface area (TPSA) is 84.2 Å². The van der Waals surface area contributed by atoms with Crippen molar-refractivity contribution in [3.05, 3.63) is 35.9 Å². The molecule has 6 heteroatoms. The van der Waals surface area contributed by atoms with Gasteiger partial charge in [-0.25, -0.2) is 0 Å². The first-order valence-corrected chi connectivity index (χ1v) is 7.66. The van der Waals surface area contributed by atoms with Crippen molar-refractivity contribution >= 4 is 24.2 Å². The Bertz CT molecular complexity index is 486. The molecule has 0 aliphatic rings. The molecule has 0 saturated carbocycles. The summed E-state index contributed by atoms with van der Waals surface area (Å²) < 4.78 is 0. The molecule has 130 valence electrons. The molecule has 23 heavy (non-hydrogen) atoms. The van der Waals surface area contributed by atoms with E-state index in [4.69, 9.17) is 5.73 Å². The summed E-state index contributed by atoms with van der Waals surface area (Å²) in [6.07, 6.45) is 1.00. The van der Waals surface area contributed by atoms with Crippen molar-refractivity contribution in [2.24, 2.45) is 11.1 Å². The third-order valence-corrected chi connectivity index (χ3v) is 3.29. The third-order valence-electron chi connectivity index (χ3n) is 3.29. The van der Waals surface area contributed by atoms with Crippen LogP contribution in [0.3, 0.4) is 0 Å². The molecule has 1 aromatic carbocycles. The van der Waals surface area contributed by atoms with E-state index in [2.05, 4.69) is 10.6 Å². The van der Waals surface area contributed by atoms with E-state index in [9.17, 15) is 9.59 Å². The highest BCUT2D eigenvalue weighted by Crippen LogP contribution is 2.12. The summed E-state index contributed by atoms with van der Waals surface area (Å²) in [4.78, 5) is 23.4. The molecule has 5 nitrogen and oxygen atoms in total. The first-order valence-electron chi connectivity index (χ1n) is 7.66. The van der Waals surface area contributed by atoms with Gasteiger partial charge in [-0.2, -0.15) is 0 Å². The lowest BCUT2D eigenvalue weighted by Crippen LogP contribution is -2.36. The molecule has 0 fully saturated rings. The average Bonchev–Trinajstić information content (AvgIpc) is 2.48. The molecule has 0 bridgehead atoms. The van der Waals surface area contributed by atoms with Gasteiger partial charge in [-0.15, -0.1) is 12.4 Å². The van der Waals surface area contributed by atoms with E-state index < -0.39 is 5.41 Å². The molecule has 0 radical (unpaired) electrons. The van der Waals surface area contributed by atoms with E-state index in [1.807, 2.05) is 51.1 Å². The summed E-state index contributed by atoms with van der Waals surface area (Å²) in [7, 11) is 0. The van der Waals surface area contributed by atoms with Crippen molar-refractivity contribution in [3.8, 4) is 0 Å². The average molecular weight is 342 g/mol. The molecule has 0 aliphatic heterocycles. The van der Waals surface area contributed by atoms with Crippen molar-refractivity contribution in [1.82, 2.24) is 10.6 Å². The van der Waals surface area contributed by atoms with Crippen molar-refractivity contribution in [2.75, 3.05) is 13.1 Å². The second-order valence-electron chi connectivity index (χ2n) is 6.43. The van der Waals surface area contributed by atoms with Crippen LogP contribution in [0, 0.1) is 5.41 Å². The maximum atomic E-state index is 11.7. The molecule has 0 heterocycles. The lowest BCUT2D eigenvalue weighted by molar-refractivity contribution is -0.128. The number of carbonyl (C=O) groups excluding carboxylic acids is 2. The summed E-state index contributed by atoms with van der Waals surface area (Å²) in [6, 6.07) is 9.47. The van der Waals surface area contributed by atoms with Crippen LogP contribution in [0.4, 0.5) is 0 Å². The number of hydrogen-bond donors (Lipinski definition) is 3. The van der Waals surface area contributed by atoms with Crippen LogP contribution in [0.5, 0.6) is 0 Å². The highest BCUT2D eigenvalue weighted by Gasteiger charge is 2.20. The molecule has 0 aliphatic carbocycles. The minimum Gasteiger partial charge on any atom is -0.356 e. The summed E-state index contributed by atoms with van der Waals surface area (Å²) in [6.45, 7) is 6.51. The zero-order valence-corrected chi connectivity index (χ0v) is 14.9. The molecule has 2 amide bonds. The summed E-state index contributed by atoms with van der Waals surface area (Å²) in [5, 5.41) is 5.65. The minimum atomic E-state index is -0.398. The lowest BCUT2D eigenvalue weighted by Gasteiger charge is -2.17. The van der Waals surface area contributed by atoms with E-state index in [-0.39, 0.29) is 30.3 Å². The van der Waals surface area contributed by atoms with Gasteiger partial charge in [0, 0.05) is 31.0 Å².